The van der Waals surface area contributed by atoms with Crippen LogP contribution in [0.2, 0.25) is 5.02 Å². The monoisotopic (exact) mass is 264 g/mol. The Morgan fingerprint density at radius 1 is 1.50 bits per heavy atom. The molecular formula is C9H10ClFN2O2S. The van der Waals surface area contributed by atoms with Crippen molar-refractivity contribution in [2.24, 2.45) is 5.10 Å². The zero-order valence-electron chi connectivity index (χ0n) is 8.68. The molecular weight excluding hydrogens is 255 g/mol. The molecule has 0 saturated heterocycles. The highest BCUT2D eigenvalue weighted by Gasteiger charge is 2.08. The molecule has 0 unspecified atom stereocenters. The number of halogens is 2. The molecule has 4 nitrogen and oxygen atoms in total. The number of nitrogens with zero attached hydrogens (tertiary/aromatic N) is 2. The van der Waals surface area contributed by atoms with Crippen molar-refractivity contribution in [1.29, 1.82) is 0 Å². The summed E-state index contributed by atoms with van der Waals surface area (Å²) in [5, 5.41) is 3.76. The van der Waals surface area contributed by atoms with Crippen LogP contribution in [0.25, 0.3) is 0 Å². The van der Waals surface area contributed by atoms with E-state index in [1.54, 1.807) is 0 Å². The molecule has 0 aliphatic carbocycles. The summed E-state index contributed by atoms with van der Waals surface area (Å²) < 4.78 is 36.0. The van der Waals surface area contributed by atoms with Crippen molar-refractivity contribution in [3.63, 3.8) is 0 Å². The normalized spacial score (nSPS) is 12.0. The van der Waals surface area contributed by atoms with Crippen LogP contribution in [-0.4, -0.2) is 32.4 Å². The fourth-order valence-corrected chi connectivity index (χ4v) is 1.29. The van der Waals surface area contributed by atoms with E-state index in [-0.39, 0.29) is 10.6 Å². The van der Waals surface area contributed by atoms with E-state index in [9.17, 15) is 12.8 Å². The van der Waals surface area contributed by atoms with Crippen LogP contribution in [-0.2, 0) is 10.0 Å². The van der Waals surface area contributed by atoms with Crippen molar-refractivity contribution >= 4 is 27.8 Å². The van der Waals surface area contributed by atoms with Gasteiger partial charge in [-0.2, -0.15) is 9.52 Å². The summed E-state index contributed by atoms with van der Waals surface area (Å²) >= 11 is 5.73. The van der Waals surface area contributed by atoms with Gasteiger partial charge in [0.05, 0.1) is 17.5 Å². The van der Waals surface area contributed by atoms with Crippen LogP contribution < -0.4 is 0 Å². The second-order valence-electron chi connectivity index (χ2n) is 3.08. The first kappa shape index (κ1) is 12.9. The van der Waals surface area contributed by atoms with Crippen molar-refractivity contribution in [2.75, 3.05) is 13.3 Å². The molecule has 0 fully saturated rings. The minimum absolute atomic E-state index is 0.0552. The van der Waals surface area contributed by atoms with Crippen LogP contribution >= 0.6 is 11.6 Å². The van der Waals surface area contributed by atoms with Gasteiger partial charge in [-0.1, -0.05) is 17.7 Å². The van der Waals surface area contributed by atoms with Crippen molar-refractivity contribution in [3.05, 3.63) is 34.6 Å². The van der Waals surface area contributed by atoms with Crippen LogP contribution in [0.4, 0.5) is 4.39 Å². The quantitative estimate of drug-likeness (QED) is 0.616. The van der Waals surface area contributed by atoms with E-state index in [4.69, 9.17) is 11.6 Å². The first-order chi connectivity index (χ1) is 7.32. The highest BCUT2D eigenvalue weighted by Crippen LogP contribution is 2.16. The van der Waals surface area contributed by atoms with E-state index in [2.05, 4.69) is 5.10 Å². The van der Waals surface area contributed by atoms with Crippen molar-refractivity contribution in [3.8, 4) is 0 Å². The van der Waals surface area contributed by atoms with Gasteiger partial charge in [0.1, 0.15) is 5.82 Å². The van der Waals surface area contributed by atoms with Gasteiger partial charge in [0, 0.05) is 12.6 Å². The minimum Gasteiger partial charge on any atom is -0.206 e. The largest absolute Gasteiger partial charge is 0.246 e. The zero-order chi connectivity index (χ0) is 12.3. The minimum atomic E-state index is -3.43. The number of benzene rings is 1. The molecule has 0 aromatic heterocycles. The summed E-state index contributed by atoms with van der Waals surface area (Å²) in [6, 6.07) is 4.16. The van der Waals surface area contributed by atoms with E-state index in [0.29, 0.717) is 0 Å². The van der Waals surface area contributed by atoms with E-state index < -0.39 is 15.8 Å². The molecule has 0 heterocycles. The maximum atomic E-state index is 13.3. The van der Waals surface area contributed by atoms with Gasteiger partial charge in [0.25, 0.3) is 0 Å². The fraction of sp³-hybridized carbons (Fsp3) is 0.222. The van der Waals surface area contributed by atoms with Gasteiger partial charge in [0.2, 0.25) is 10.0 Å². The lowest BCUT2D eigenvalue weighted by atomic mass is 10.2. The molecule has 0 spiro atoms. The average molecular weight is 265 g/mol. The molecule has 88 valence electrons. The zero-order valence-corrected chi connectivity index (χ0v) is 10.3. The molecule has 0 atom stereocenters. The number of rotatable bonds is 3. The van der Waals surface area contributed by atoms with Crippen LogP contribution in [0.1, 0.15) is 5.56 Å². The number of hydrazone groups is 1. The van der Waals surface area contributed by atoms with E-state index in [1.165, 1.54) is 25.2 Å². The number of sulfonamides is 1. The first-order valence-corrected chi connectivity index (χ1v) is 6.47. The molecule has 16 heavy (non-hydrogen) atoms. The van der Waals surface area contributed by atoms with Crippen molar-refractivity contribution in [1.82, 2.24) is 4.41 Å². The molecule has 0 N–H and O–H groups in total. The molecule has 0 aliphatic heterocycles. The highest BCUT2D eigenvalue weighted by atomic mass is 35.5. The maximum absolute atomic E-state index is 13.3. The van der Waals surface area contributed by atoms with E-state index in [0.717, 1.165) is 16.9 Å². The Morgan fingerprint density at radius 3 is 2.62 bits per heavy atom. The van der Waals surface area contributed by atoms with Crippen LogP contribution in [0, 0.1) is 5.82 Å². The second-order valence-corrected chi connectivity index (χ2v) is 5.48. The van der Waals surface area contributed by atoms with Crippen LogP contribution in [0.15, 0.2) is 23.3 Å². The molecule has 1 aromatic carbocycles. The number of hydrogen-bond donors (Lipinski definition) is 0. The SMILES string of the molecule is CN(N=Cc1c(F)cccc1Cl)S(C)(=O)=O. The highest BCUT2D eigenvalue weighted by molar-refractivity contribution is 7.88. The Balaban J connectivity index is 3.02. The lowest BCUT2D eigenvalue weighted by molar-refractivity contribution is 0.497. The summed E-state index contributed by atoms with van der Waals surface area (Å²) in [4.78, 5) is 0. The standard InChI is InChI=1S/C9H10ClFN2O2S/c1-13(16(2,14)15)12-6-7-8(10)4-3-5-9(7)11/h3-6H,1-2H3. The summed E-state index contributed by atoms with van der Waals surface area (Å²) in [6.45, 7) is 0. The smallest absolute Gasteiger partial charge is 0.206 e. The third kappa shape index (κ3) is 3.18. The number of hydrogen-bond acceptors (Lipinski definition) is 3. The molecule has 1 aromatic rings. The van der Waals surface area contributed by atoms with Crippen LogP contribution in [0.3, 0.4) is 0 Å². The van der Waals surface area contributed by atoms with Gasteiger partial charge in [0.15, 0.2) is 0 Å². The average Bonchev–Trinajstić information content (AvgIpc) is 2.15. The third-order valence-electron chi connectivity index (χ3n) is 1.83. The molecule has 0 radical (unpaired) electrons. The third-order valence-corrected chi connectivity index (χ3v) is 3.21. The predicted octanol–water partition coefficient (Wildman–Crippen LogP) is 1.70. The molecule has 0 amide bonds. The summed E-state index contributed by atoms with van der Waals surface area (Å²) in [6.07, 6.45) is 2.06. The van der Waals surface area contributed by atoms with E-state index in [1.807, 2.05) is 0 Å². The van der Waals surface area contributed by atoms with Crippen molar-refractivity contribution < 1.29 is 12.8 Å². The maximum Gasteiger partial charge on any atom is 0.246 e. The van der Waals surface area contributed by atoms with Gasteiger partial charge in [-0.25, -0.2) is 12.8 Å². The van der Waals surface area contributed by atoms with Gasteiger partial charge in [-0.05, 0) is 12.1 Å². The van der Waals surface area contributed by atoms with Gasteiger partial charge in [-0.15, -0.1) is 0 Å². The lowest BCUT2D eigenvalue weighted by Crippen LogP contribution is -2.19. The summed E-state index contributed by atoms with van der Waals surface area (Å²) in [7, 11) is -2.18. The Labute approximate surface area is 98.4 Å². The van der Waals surface area contributed by atoms with Crippen LogP contribution in [0.5, 0.6) is 0 Å². The molecule has 0 aliphatic rings. The molecule has 7 heteroatoms. The van der Waals surface area contributed by atoms with Gasteiger partial charge >= 0.3 is 0 Å². The Hall–Kier alpha value is -1.14. The van der Waals surface area contributed by atoms with Crippen molar-refractivity contribution in [2.45, 2.75) is 0 Å². The molecule has 0 bridgehead atoms. The Bertz CT molecular complexity index is 496. The Kier molecular flexibility index (Phi) is 3.88. The molecule has 0 saturated carbocycles. The topological polar surface area (TPSA) is 49.7 Å². The van der Waals surface area contributed by atoms with Gasteiger partial charge in [-0.3, -0.25) is 0 Å². The fourth-order valence-electron chi connectivity index (χ4n) is 0.859. The summed E-state index contributed by atoms with van der Waals surface area (Å²) in [5.41, 5.74) is 0.0552. The second kappa shape index (κ2) is 4.80. The predicted molar refractivity (Wildman–Crippen MR) is 61.6 cm³/mol. The summed E-state index contributed by atoms with van der Waals surface area (Å²) in [5.74, 6) is -0.557. The van der Waals surface area contributed by atoms with E-state index >= 15 is 0 Å². The Morgan fingerprint density at radius 2 is 2.12 bits per heavy atom. The first-order valence-electron chi connectivity index (χ1n) is 4.24. The van der Waals surface area contributed by atoms with Gasteiger partial charge < -0.3 is 0 Å². The molecule has 1 rings (SSSR count). The lowest BCUT2D eigenvalue weighted by Gasteiger charge is -2.09.